The summed E-state index contributed by atoms with van der Waals surface area (Å²) in [5.41, 5.74) is 4.75. The first-order valence-corrected chi connectivity index (χ1v) is 15.2. The number of benzene rings is 6. The van der Waals surface area contributed by atoms with E-state index >= 15 is 4.57 Å². The van der Waals surface area contributed by atoms with Gasteiger partial charge in [-0.3, -0.25) is 0 Å². The Kier molecular flexibility index (Phi) is 4.57. The molecule has 0 saturated carbocycles. The smallest absolute Gasteiger partial charge is 0.171 e. The van der Waals surface area contributed by atoms with Gasteiger partial charge in [-0.25, -0.2) is 0 Å². The van der Waals surface area contributed by atoms with Gasteiger partial charge in [-0.1, -0.05) is 54.6 Å². The summed E-state index contributed by atoms with van der Waals surface area (Å²) in [6.07, 6.45) is 0. The lowest BCUT2D eigenvalue weighted by atomic mass is 10.1. The predicted octanol–water partition coefficient (Wildman–Crippen LogP) is 9.02. The third kappa shape index (κ3) is 3.20. The highest BCUT2D eigenvalue weighted by molar-refractivity contribution is 7.85. The standard InChI is InChI=1S/C36H21O4P/c37-41(22-13-16-34-28(19-22)25-7-1-4-10-31(25)38-34,23-14-17-35-29(20-23)26-8-2-5-11-32(26)39-35)24-15-18-36-30(21-24)27-9-3-6-12-33(27)40-36/h1-21H. The normalized spacial score (nSPS) is 12.5. The molecule has 9 aromatic rings. The highest BCUT2D eigenvalue weighted by Gasteiger charge is 2.32. The zero-order valence-corrected chi connectivity index (χ0v) is 22.6. The second-order valence-corrected chi connectivity index (χ2v) is 13.2. The van der Waals surface area contributed by atoms with Gasteiger partial charge in [0.25, 0.3) is 0 Å². The van der Waals surface area contributed by atoms with E-state index in [9.17, 15) is 0 Å². The molecule has 6 aromatic carbocycles. The minimum Gasteiger partial charge on any atom is -0.456 e. The first-order chi connectivity index (χ1) is 20.2. The molecule has 5 heteroatoms. The van der Waals surface area contributed by atoms with E-state index in [1.807, 2.05) is 127 Å². The van der Waals surface area contributed by atoms with Crippen molar-refractivity contribution in [2.75, 3.05) is 0 Å². The zero-order chi connectivity index (χ0) is 27.1. The van der Waals surface area contributed by atoms with Crippen LogP contribution in [0.1, 0.15) is 0 Å². The highest BCUT2D eigenvalue weighted by Crippen LogP contribution is 2.46. The Labute approximate surface area is 233 Å². The molecule has 9 rings (SSSR count). The van der Waals surface area contributed by atoms with E-state index in [1.165, 1.54) is 0 Å². The Hall–Kier alpha value is -5.05. The minimum atomic E-state index is -3.38. The van der Waals surface area contributed by atoms with Crippen molar-refractivity contribution in [1.29, 1.82) is 0 Å². The van der Waals surface area contributed by atoms with E-state index in [0.717, 1.165) is 81.7 Å². The third-order valence-corrected chi connectivity index (χ3v) is 11.2. The van der Waals surface area contributed by atoms with Gasteiger partial charge in [0.2, 0.25) is 0 Å². The SMILES string of the molecule is O=P(c1ccc2oc3ccccc3c2c1)(c1ccc2oc3ccccc3c2c1)c1ccc2oc3ccccc3c2c1. The van der Waals surface area contributed by atoms with E-state index in [0.29, 0.717) is 0 Å². The molecule has 41 heavy (non-hydrogen) atoms. The minimum absolute atomic E-state index is 0.746. The van der Waals surface area contributed by atoms with Crippen LogP contribution in [0, 0.1) is 0 Å². The Morgan fingerprint density at radius 1 is 0.341 bits per heavy atom. The summed E-state index contributed by atoms with van der Waals surface area (Å²) in [4.78, 5) is 0. The van der Waals surface area contributed by atoms with Crippen molar-refractivity contribution < 1.29 is 17.8 Å². The molecular weight excluding hydrogens is 527 g/mol. The Morgan fingerprint density at radius 2 is 0.634 bits per heavy atom. The molecule has 0 amide bonds. The maximum absolute atomic E-state index is 15.8. The van der Waals surface area contributed by atoms with Crippen molar-refractivity contribution in [3.05, 3.63) is 127 Å². The molecule has 0 saturated heterocycles. The Morgan fingerprint density at radius 3 is 0.976 bits per heavy atom. The number of para-hydroxylation sites is 3. The van der Waals surface area contributed by atoms with Gasteiger partial charge in [-0.15, -0.1) is 0 Å². The van der Waals surface area contributed by atoms with Crippen LogP contribution in [-0.4, -0.2) is 0 Å². The molecule has 3 heterocycles. The van der Waals surface area contributed by atoms with Crippen molar-refractivity contribution >= 4 is 88.9 Å². The largest absolute Gasteiger partial charge is 0.456 e. The topological polar surface area (TPSA) is 56.5 Å². The lowest BCUT2D eigenvalue weighted by molar-refractivity contribution is 0.592. The van der Waals surface area contributed by atoms with E-state index in [4.69, 9.17) is 13.3 Å². The maximum atomic E-state index is 15.8. The van der Waals surface area contributed by atoms with Gasteiger partial charge >= 0.3 is 0 Å². The van der Waals surface area contributed by atoms with Crippen LogP contribution in [0.15, 0.2) is 141 Å². The van der Waals surface area contributed by atoms with Gasteiger partial charge < -0.3 is 17.8 Å². The third-order valence-electron chi connectivity index (χ3n) is 8.17. The number of hydrogen-bond donors (Lipinski definition) is 0. The van der Waals surface area contributed by atoms with Crippen LogP contribution in [-0.2, 0) is 4.57 Å². The molecule has 0 unspecified atom stereocenters. The highest BCUT2D eigenvalue weighted by atomic mass is 31.2. The summed E-state index contributed by atoms with van der Waals surface area (Å²) in [5.74, 6) is 0. The van der Waals surface area contributed by atoms with Crippen LogP contribution < -0.4 is 15.9 Å². The summed E-state index contributed by atoms with van der Waals surface area (Å²) in [5, 5.41) is 8.09. The molecule has 0 spiro atoms. The van der Waals surface area contributed by atoms with E-state index < -0.39 is 7.14 Å². The molecule has 194 valence electrons. The summed E-state index contributed by atoms with van der Waals surface area (Å²) >= 11 is 0. The van der Waals surface area contributed by atoms with E-state index in [-0.39, 0.29) is 0 Å². The molecule has 0 atom stereocenters. The number of rotatable bonds is 3. The first-order valence-electron chi connectivity index (χ1n) is 13.5. The van der Waals surface area contributed by atoms with Crippen molar-refractivity contribution in [1.82, 2.24) is 0 Å². The average molecular weight is 549 g/mol. The van der Waals surface area contributed by atoms with Gasteiger partial charge in [0.1, 0.15) is 33.5 Å². The monoisotopic (exact) mass is 548 g/mol. The van der Waals surface area contributed by atoms with Gasteiger partial charge in [-0.2, -0.15) is 0 Å². The van der Waals surface area contributed by atoms with Crippen LogP contribution in [0.3, 0.4) is 0 Å². The van der Waals surface area contributed by atoms with Gasteiger partial charge in [-0.05, 0) is 72.8 Å². The number of fused-ring (bicyclic) bond motifs is 9. The zero-order valence-electron chi connectivity index (χ0n) is 21.7. The molecular formula is C36H21O4P. The van der Waals surface area contributed by atoms with Crippen LogP contribution in [0.4, 0.5) is 0 Å². The molecule has 0 fully saturated rings. The second kappa shape index (κ2) is 8.23. The summed E-state index contributed by atoms with van der Waals surface area (Å²) in [6, 6.07) is 41.7. The van der Waals surface area contributed by atoms with Crippen molar-refractivity contribution in [2.45, 2.75) is 0 Å². The molecule has 0 radical (unpaired) electrons. The van der Waals surface area contributed by atoms with Crippen LogP contribution in [0.2, 0.25) is 0 Å². The summed E-state index contributed by atoms with van der Waals surface area (Å²) in [7, 11) is -3.38. The first kappa shape index (κ1) is 22.7. The maximum Gasteiger partial charge on any atom is 0.171 e. The Balaban J connectivity index is 1.36. The second-order valence-electron chi connectivity index (χ2n) is 10.4. The lowest BCUT2D eigenvalue weighted by Gasteiger charge is -2.20. The average Bonchev–Trinajstić information content (AvgIpc) is 3.70. The fraction of sp³-hybridized carbons (Fsp3) is 0. The van der Waals surface area contributed by atoms with E-state index in [2.05, 4.69) is 0 Å². The van der Waals surface area contributed by atoms with Crippen molar-refractivity contribution in [3.63, 3.8) is 0 Å². The van der Waals surface area contributed by atoms with Crippen molar-refractivity contribution in [2.24, 2.45) is 0 Å². The Bertz CT molecular complexity index is 2250. The van der Waals surface area contributed by atoms with Gasteiger partial charge in [0.05, 0.1) is 0 Å². The summed E-state index contributed by atoms with van der Waals surface area (Å²) < 4.78 is 34.2. The quantitative estimate of drug-likeness (QED) is 0.207. The molecule has 3 aromatic heterocycles. The lowest BCUT2D eigenvalue weighted by Crippen LogP contribution is -2.25. The fourth-order valence-corrected chi connectivity index (χ4v) is 8.86. The van der Waals surface area contributed by atoms with E-state index in [1.54, 1.807) is 0 Å². The van der Waals surface area contributed by atoms with Gasteiger partial charge in [0, 0.05) is 48.2 Å². The summed E-state index contributed by atoms with van der Waals surface area (Å²) in [6.45, 7) is 0. The molecule has 0 N–H and O–H groups in total. The number of furan rings is 3. The van der Waals surface area contributed by atoms with Crippen molar-refractivity contribution in [3.8, 4) is 0 Å². The van der Waals surface area contributed by atoms with Crippen LogP contribution in [0.5, 0.6) is 0 Å². The van der Waals surface area contributed by atoms with Gasteiger partial charge in [0.15, 0.2) is 7.14 Å². The molecule has 0 bridgehead atoms. The van der Waals surface area contributed by atoms with Crippen LogP contribution >= 0.6 is 7.14 Å². The predicted molar refractivity (Wildman–Crippen MR) is 168 cm³/mol. The van der Waals surface area contributed by atoms with Crippen LogP contribution in [0.25, 0.3) is 65.8 Å². The fourth-order valence-electron chi connectivity index (χ4n) is 6.18. The molecule has 0 aliphatic heterocycles. The molecule has 0 aliphatic rings. The number of hydrogen-bond acceptors (Lipinski definition) is 4. The molecule has 4 nitrogen and oxygen atoms in total. The molecule has 0 aliphatic carbocycles.